The van der Waals surface area contributed by atoms with Gasteiger partial charge < -0.3 is 0 Å². The van der Waals surface area contributed by atoms with Crippen molar-refractivity contribution in [1.82, 2.24) is 30.0 Å². The maximum Gasteiger partial charge on any atom is 0.372 e. The summed E-state index contributed by atoms with van der Waals surface area (Å²) in [6.45, 7) is 3.99. The molecule has 0 unspecified atom stereocenters. The van der Waals surface area contributed by atoms with E-state index in [4.69, 9.17) is 0 Å². The molecule has 2 aromatic rings. The fourth-order valence-electron chi connectivity index (χ4n) is 1.72. The van der Waals surface area contributed by atoms with E-state index in [1.807, 2.05) is 6.92 Å². The van der Waals surface area contributed by atoms with Crippen LogP contribution in [0, 0.1) is 6.92 Å². The van der Waals surface area contributed by atoms with Gasteiger partial charge in [-0.3, -0.25) is 0 Å². The van der Waals surface area contributed by atoms with Crippen LogP contribution in [0.3, 0.4) is 0 Å². The van der Waals surface area contributed by atoms with Crippen LogP contribution in [-0.4, -0.2) is 36.0 Å². The number of rotatable bonds is 4. The first-order chi connectivity index (χ1) is 8.74. The van der Waals surface area contributed by atoms with Gasteiger partial charge in [0.05, 0.1) is 23.8 Å². The fraction of sp³-hybridized carbons (Fsp3) is 0.545. The number of carbonyl (C=O) groups is 1. The highest BCUT2D eigenvalue weighted by Gasteiger charge is 2.16. The maximum atomic E-state index is 12.0. The molecule has 7 nitrogen and oxygen atoms in total. The van der Waals surface area contributed by atoms with E-state index in [2.05, 4.69) is 27.5 Å². The molecular weight excluding hydrogens is 232 g/mol. The highest BCUT2D eigenvalue weighted by atomic mass is 16.2. The number of carbonyl (C=O) groups excluding carboxylic acids is 1. The van der Waals surface area contributed by atoms with Crippen molar-refractivity contribution in [3.8, 4) is 0 Å². The molecule has 0 saturated carbocycles. The molecule has 0 spiro atoms. The predicted molar refractivity (Wildman–Crippen MR) is 64.2 cm³/mol. The average Bonchev–Trinajstić information content (AvgIpc) is 3.00. The second kappa shape index (κ2) is 5.52. The maximum absolute atomic E-state index is 12.0. The molecule has 2 aromatic heterocycles. The van der Waals surface area contributed by atoms with E-state index in [1.165, 1.54) is 17.1 Å². The molecule has 0 fully saturated rings. The van der Waals surface area contributed by atoms with Crippen molar-refractivity contribution >= 4 is 6.03 Å². The molecule has 0 N–H and O–H groups in total. The molecule has 0 radical (unpaired) electrons. The van der Waals surface area contributed by atoms with Gasteiger partial charge in [0.1, 0.15) is 0 Å². The Morgan fingerprint density at radius 2 is 2.17 bits per heavy atom. The summed E-state index contributed by atoms with van der Waals surface area (Å²) in [5.41, 5.74) is 1.64. The molecule has 96 valence electrons. The van der Waals surface area contributed by atoms with Crippen molar-refractivity contribution in [2.75, 3.05) is 0 Å². The number of aromatic nitrogens is 6. The molecule has 0 aliphatic heterocycles. The Morgan fingerprint density at radius 3 is 2.83 bits per heavy atom. The van der Waals surface area contributed by atoms with Gasteiger partial charge in [-0.25, -0.2) is 4.79 Å². The van der Waals surface area contributed by atoms with Gasteiger partial charge in [0.2, 0.25) is 0 Å². The van der Waals surface area contributed by atoms with E-state index in [-0.39, 0.29) is 6.03 Å². The molecule has 0 aliphatic carbocycles. The molecule has 0 saturated heterocycles. The van der Waals surface area contributed by atoms with Gasteiger partial charge in [-0.05, 0) is 19.8 Å². The summed E-state index contributed by atoms with van der Waals surface area (Å²) in [5, 5.41) is 15.2. The molecular formula is C11H16N6O. The summed E-state index contributed by atoms with van der Waals surface area (Å²) in [4.78, 5) is 12.0. The number of unbranched alkanes of at least 4 members (excludes halogenated alkanes) is 2. The number of hydrogen-bond donors (Lipinski definition) is 0. The molecule has 7 heteroatoms. The van der Waals surface area contributed by atoms with Crippen LogP contribution in [0.25, 0.3) is 0 Å². The quantitative estimate of drug-likeness (QED) is 0.765. The van der Waals surface area contributed by atoms with E-state index in [0.29, 0.717) is 0 Å². The van der Waals surface area contributed by atoms with Crippen molar-refractivity contribution in [1.29, 1.82) is 0 Å². The summed E-state index contributed by atoms with van der Waals surface area (Å²) in [6, 6.07) is -0.362. The molecule has 0 amide bonds. The van der Waals surface area contributed by atoms with Crippen molar-refractivity contribution in [2.45, 2.75) is 39.5 Å². The van der Waals surface area contributed by atoms with Gasteiger partial charge in [-0.1, -0.05) is 30.2 Å². The van der Waals surface area contributed by atoms with Gasteiger partial charge in [0, 0.05) is 0 Å². The van der Waals surface area contributed by atoms with Gasteiger partial charge in [0.25, 0.3) is 0 Å². The van der Waals surface area contributed by atoms with Crippen LogP contribution >= 0.6 is 0 Å². The van der Waals surface area contributed by atoms with E-state index in [0.717, 1.165) is 41.8 Å². The molecule has 0 bridgehead atoms. The summed E-state index contributed by atoms with van der Waals surface area (Å²) >= 11 is 0. The fourth-order valence-corrected chi connectivity index (χ4v) is 1.72. The van der Waals surface area contributed by atoms with Gasteiger partial charge in [0.15, 0.2) is 0 Å². The molecule has 18 heavy (non-hydrogen) atoms. The zero-order chi connectivity index (χ0) is 13.0. The molecule has 2 rings (SSSR count). The largest absolute Gasteiger partial charge is 0.372 e. The van der Waals surface area contributed by atoms with E-state index in [9.17, 15) is 4.79 Å². The van der Waals surface area contributed by atoms with E-state index >= 15 is 0 Å². The van der Waals surface area contributed by atoms with E-state index < -0.39 is 0 Å². The first-order valence-electron chi connectivity index (χ1n) is 6.06. The number of hydrogen-bond acceptors (Lipinski definition) is 5. The lowest BCUT2D eigenvalue weighted by molar-refractivity contribution is 0.236. The van der Waals surface area contributed by atoms with Gasteiger partial charge in [-0.15, -0.1) is 10.2 Å². The number of aryl methyl sites for hydroxylation is 1. The lowest BCUT2D eigenvalue weighted by Crippen LogP contribution is -2.22. The minimum atomic E-state index is -0.362. The summed E-state index contributed by atoms with van der Waals surface area (Å²) in [6.07, 6.45) is 7.17. The predicted octanol–water partition coefficient (Wildman–Crippen LogP) is 1.43. The van der Waals surface area contributed by atoms with Crippen LogP contribution in [0.4, 0.5) is 4.79 Å². The molecule has 0 aromatic carbocycles. The monoisotopic (exact) mass is 248 g/mol. The zero-order valence-corrected chi connectivity index (χ0v) is 10.6. The second-order valence-corrected chi connectivity index (χ2v) is 4.12. The molecule has 0 atom stereocenters. The highest BCUT2D eigenvalue weighted by molar-refractivity contribution is 5.77. The Bertz CT molecular complexity index is 516. The van der Waals surface area contributed by atoms with Crippen LogP contribution in [0.15, 0.2) is 12.4 Å². The van der Waals surface area contributed by atoms with Crippen LogP contribution in [0.2, 0.25) is 0 Å². The highest BCUT2D eigenvalue weighted by Crippen LogP contribution is 2.09. The Morgan fingerprint density at radius 1 is 1.33 bits per heavy atom. The normalized spacial score (nSPS) is 10.8. The average molecular weight is 248 g/mol. The lowest BCUT2D eigenvalue weighted by Gasteiger charge is -2.01. The Kier molecular flexibility index (Phi) is 3.81. The standard InChI is InChI=1S/C11H16N6O/c1-3-4-5-6-10-9(2)17(15-13-10)11(18)16-8-7-12-14-16/h7-8H,3-6H2,1-2H3. The Labute approximate surface area is 105 Å². The van der Waals surface area contributed by atoms with Gasteiger partial charge >= 0.3 is 6.03 Å². The first kappa shape index (κ1) is 12.4. The van der Waals surface area contributed by atoms with Crippen molar-refractivity contribution in [3.05, 3.63) is 23.8 Å². The third-order valence-electron chi connectivity index (χ3n) is 2.81. The third kappa shape index (κ3) is 2.44. The number of nitrogens with zero attached hydrogens (tertiary/aromatic N) is 6. The van der Waals surface area contributed by atoms with E-state index in [1.54, 1.807) is 0 Å². The Hall–Kier alpha value is -2.05. The first-order valence-corrected chi connectivity index (χ1v) is 6.06. The lowest BCUT2D eigenvalue weighted by atomic mass is 10.1. The second-order valence-electron chi connectivity index (χ2n) is 4.12. The summed E-state index contributed by atoms with van der Waals surface area (Å²) < 4.78 is 2.40. The van der Waals surface area contributed by atoms with Crippen LogP contribution in [0.1, 0.15) is 37.6 Å². The zero-order valence-electron chi connectivity index (χ0n) is 10.6. The summed E-state index contributed by atoms with van der Waals surface area (Å²) in [7, 11) is 0. The smallest absolute Gasteiger partial charge is 0.243 e. The van der Waals surface area contributed by atoms with Crippen LogP contribution < -0.4 is 0 Å². The van der Waals surface area contributed by atoms with Crippen molar-refractivity contribution in [2.24, 2.45) is 0 Å². The minimum absolute atomic E-state index is 0.362. The SMILES string of the molecule is CCCCCc1nnn(C(=O)n2ccnn2)c1C. The summed E-state index contributed by atoms with van der Waals surface area (Å²) in [5.74, 6) is 0. The molecule has 0 aliphatic rings. The topological polar surface area (TPSA) is 78.5 Å². The van der Waals surface area contributed by atoms with Crippen molar-refractivity contribution in [3.63, 3.8) is 0 Å². The van der Waals surface area contributed by atoms with Crippen molar-refractivity contribution < 1.29 is 4.79 Å². The van der Waals surface area contributed by atoms with Crippen LogP contribution in [-0.2, 0) is 6.42 Å². The van der Waals surface area contributed by atoms with Gasteiger partial charge in [-0.2, -0.15) is 9.36 Å². The minimum Gasteiger partial charge on any atom is -0.243 e. The Balaban J connectivity index is 2.13. The molecule has 2 heterocycles. The third-order valence-corrected chi connectivity index (χ3v) is 2.81. The van der Waals surface area contributed by atoms with Crippen LogP contribution in [0.5, 0.6) is 0 Å².